The van der Waals surface area contributed by atoms with Crippen molar-refractivity contribution in [1.29, 1.82) is 0 Å². The summed E-state index contributed by atoms with van der Waals surface area (Å²) in [5, 5.41) is 3.46. The average molecular weight is 244 g/mol. The molecule has 1 heterocycles. The zero-order valence-electron chi connectivity index (χ0n) is 11.6. The molecule has 0 aliphatic carbocycles. The SMILES string of the molecule is CCOC(CNCC1CCCCN1C)OCC. The third-order valence-corrected chi connectivity index (χ3v) is 3.32. The van der Waals surface area contributed by atoms with Crippen LogP contribution in [0.15, 0.2) is 0 Å². The van der Waals surface area contributed by atoms with E-state index in [9.17, 15) is 0 Å². The second-order valence-corrected chi connectivity index (χ2v) is 4.63. The molecule has 0 bridgehead atoms. The zero-order valence-corrected chi connectivity index (χ0v) is 11.6. The molecule has 1 aliphatic heterocycles. The highest BCUT2D eigenvalue weighted by molar-refractivity contribution is 4.76. The van der Waals surface area contributed by atoms with Gasteiger partial charge in [-0.2, -0.15) is 0 Å². The van der Waals surface area contributed by atoms with E-state index in [1.807, 2.05) is 13.8 Å². The molecule has 1 unspecified atom stereocenters. The molecule has 1 N–H and O–H groups in total. The van der Waals surface area contributed by atoms with Crippen LogP contribution in [0.4, 0.5) is 0 Å². The predicted molar refractivity (Wildman–Crippen MR) is 70.2 cm³/mol. The summed E-state index contributed by atoms with van der Waals surface area (Å²) in [6.45, 7) is 8.46. The summed E-state index contributed by atoms with van der Waals surface area (Å²) in [5.41, 5.74) is 0. The van der Waals surface area contributed by atoms with Crippen molar-refractivity contribution in [2.45, 2.75) is 45.4 Å². The summed E-state index contributed by atoms with van der Waals surface area (Å²) in [6.07, 6.45) is 3.90. The molecular weight excluding hydrogens is 216 g/mol. The molecule has 0 aromatic rings. The number of hydrogen-bond donors (Lipinski definition) is 1. The molecule has 1 rings (SSSR count). The Balaban J connectivity index is 2.15. The molecule has 0 aromatic carbocycles. The minimum absolute atomic E-state index is 0.0982. The number of rotatable bonds is 8. The second-order valence-electron chi connectivity index (χ2n) is 4.63. The van der Waals surface area contributed by atoms with E-state index in [1.165, 1.54) is 25.8 Å². The summed E-state index contributed by atoms with van der Waals surface area (Å²) in [7, 11) is 2.22. The van der Waals surface area contributed by atoms with Crippen LogP contribution in [-0.4, -0.2) is 57.1 Å². The summed E-state index contributed by atoms with van der Waals surface area (Å²) in [6, 6.07) is 0.674. The highest BCUT2D eigenvalue weighted by Crippen LogP contribution is 2.13. The minimum Gasteiger partial charge on any atom is -0.352 e. The molecule has 1 fully saturated rings. The summed E-state index contributed by atoms with van der Waals surface area (Å²) in [5.74, 6) is 0. The van der Waals surface area contributed by atoms with E-state index in [-0.39, 0.29) is 6.29 Å². The first-order valence-electron chi connectivity index (χ1n) is 6.92. The molecule has 0 saturated carbocycles. The van der Waals surface area contributed by atoms with Gasteiger partial charge in [-0.3, -0.25) is 0 Å². The van der Waals surface area contributed by atoms with Crippen molar-refractivity contribution in [2.75, 3.05) is 39.9 Å². The Kier molecular flexibility index (Phi) is 7.77. The fourth-order valence-electron chi connectivity index (χ4n) is 2.31. The average Bonchev–Trinajstić information content (AvgIpc) is 2.32. The maximum absolute atomic E-state index is 5.50. The summed E-state index contributed by atoms with van der Waals surface area (Å²) < 4.78 is 11.0. The van der Waals surface area contributed by atoms with Gasteiger partial charge in [0, 0.05) is 32.3 Å². The van der Waals surface area contributed by atoms with Gasteiger partial charge in [0.05, 0.1) is 0 Å². The second kappa shape index (κ2) is 8.86. The van der Waals surface area contributed by atoms with Crippen molar-refractivity contribution < 1.29 is 9.47 Å². The Hall–Kier alpha value is -0.160. The molecule has 1 saturated heterocycles. The highest BCUT2D eigenvalue weighted by atomic mass is 16.7. The molecule has 0 amide bonds. The van der Waals surface area contributed by atoms with Gasteiger partial charge < -0.3 is 19.7 Å². The predicted octanol–water partition coefficient (Wildman–Crippen LogP) is 1.46. The van der Waals surface area contributed by atoms with E-state index in [1.54, 1.807) is 0 Å². The van der Waals surface area contributed by atoms with Crippen LogP contribution in [0.2, 0.25) is 0 Å². The first-order chi connectivity index (χ1) is 8.27. The Morgan fingerprint density at radius 1 is 1.24 bits per heavy atom. The van der Waals surface area contributed by atoms with E-state index >= 15 is 0 Å². The van der Waals surface area contributed by atoms with Crippen molar-refractivity contribution in [2.24, 2.45) is 0 Å². The van der Waals surface area contributed by atoms with Gasteiger partial charge in [0.25, 0.3) is 0 Å². The third kappa shape index (κ3) is 5.82. The number of ether oxygens (including phenoxy) is 2. The van der Waals surface area contributed by atoms with Crippen LogP contribution >= 0.6 is 0 Å². The molecule has 0 spiro atoms. The topological polar surface area (TPSA) is 33.7 Å². The zero-order chi connectivity index (χ0) is 12.5. The molecule has 1 aliphatic rings. The van der Waals surface area contributed by atoms with Crippen LogP contribution in [0, 0.1) is 0 Å². The van der Waals surface area contributed by atoms with Crippen LogP contribution < -0.4 is 5.32 Å². The molecule has 17 heavy (non-hydrogen) atoms. The number of likely N-dealkylation sites (tertiary alicyclic amines) is 1. The van der Waals surface area contributed by atoms with Gasteiger partial charge in [-0.25, -0.2) is 0 Å². The van der Waals surface area contributed by atoms with Gasteiger partial charge in [0.2, 0.25) is 0 Å². The lowest BCUT2D eigenvalue weighted by molar-refractivity contribution is -0.133. The molecule has 4 heteroatoms. The van der Waals surface area contributed by atoms with Crippen molar-refractivity contribution >= 4 is 0 Å². The normalized spacial score (nSPS) is 22.2. The van der Waals surface area contributed by atoms with Crippen LogP contribution in [0.3, 0.4) is 0 Å². The number of piperidine rings is 1. The van der Waals surface area contributed by atoms with E-state index in [4.69, 9.17) is 9.47 Å². The first kappa shape index (κ1) is 14.9. The van der Waals surface area contributed by atoms with Crippen LogP contribution in [0.5, 0.6) is 0 Å². The largest absolute Gasteiger partial charge is 0.352 e. The van der Waals surface area contributed by atoms with Crippen molar-refractivity contribution in [3.05, 3.63) is 0 Å². The fourth-order valence-corrected chi connectivity index (χ4v) is 2.31. The van der Waals surface area contributed by atoms with Gasteiger partial charge in [-0.05, 0) is 40.3 Å². The lowest BCUT2D eigenvalue weighted by Crippen LogP contribution is -2.45. The molecule has 102 valence electrons. The van der Waals surface area contributed by atoms with E-state index in [2.05, 4.69) is 17.3 Å². The lowest BCUT2D eigenvalue weighted by Gasteiger charge is -2.33. The maximum atomic E-state index is 5.50. The fraction of sp³-hybridized carbons (Fsp3) is 1.00. The van der Waals surface area contributed by atoms with Gasteiger partial charge >= 0.3 is 0 Å². The molecule has 1 atom stereocenters. The van der Waals surface area contributed by atoms with Gasteiger partial charge in [-0.15, -0.1) is 0 Å². The summed E-state index contributed by atoms with van der Waals surface area (Å²) in [4.78, 5) is 2.45. The first-order valence-corrected chi connectivity index (χ1v) is 6.92. The van der Waals surface area contributed by atoms with Crippen molar-refractivity contribution in [3.63, 3.8) is 0 Å². The lowest BCUT2D eigenvalue weighted by atomic mass is 10.0. The third-order valence-electron chi connectivity index (χ3n) is 3.32. The van der Waals surface area contributed by atoms with E-state index in [0.717, 1.165) is 13.1 Å². The Morgan fingerprint density at radius 3 is 2.53 bits per heavy atom. The standard InChI is InChI=1S/C13H28N2O2/c1-4-16-13(17-5-2)11-14-10-12-8-6-7-9-15(12)3/h12-14H,4-11H2,1-3H3. The van der Waals surface area contributed by atoms with E-state index < -0.39 is 0 Å². The quantitative estimate of drug-likeness (QED) is 0.655. The summed E-state index contributed by atoms with van der Waals surface area (Å²) >= 11 is 0. The number of nitrogens with zero attached hydrogens (tertiary/aromatic N) is 1. The van der Waals surface area contributed by atoms with Crippen molar-refractivity contribution in [1.82, 2.24) is 10.2 Å². The van der Waals surface area contributed by atoms with Crippen molar-refractivity contribution in [3.8, 4) is 0 Å². The van der Waals surface area contributed by atoms with Gasteiger partial charge in [-0.1, -0.05) is 6.42 Å². The van der Waals surface area contributed by atoms with Gasteiger partial charge in [0.15, 0.2) is 6.29 Å². The Bertz CT molecular complexity index is 184. The van der Waals surface area contributed by atoms with Crippen LogP contribution in [0.1, 0.15) is 33.1 Å². The molecule has 4 nitrogen and oxygen atoms in total. The molecular formula is C13H28N2O2. The Labute approximate surface area is 106 Å². The molecule has 0 radical (unpaired) electrons. The van der Waals surface area contributed by atoms with Gasteiger partial charge in [0.1, 0.15) is 0 Å². The Morgan fingerprint density at radius 2 is 1.94 bits per heavy atom. The number of likely N-dealkylation sites (N-methyl/N-ethyl adjacent to an activating group) is 1. The minimum atomic E-state index is -0.0982. The number of hydrogen-bond acceptors (Lipinski definition) is 4. The maximum Gasteiger partial charge on any atom is 0.169 e. The number of nitrogens with one attached hydrogen (secondary N) is 1. The van der Waals surface area contributed by atoms with E-state index in [0.29, 0.717) is 19.3 Å². The van der Waals surface area contributed by atoms with Crippen LogP contribution in [-0.2, 0) is 9.47 Å². The monoisotopic (exact) mass is 244 g/mol. The smallest absolute Gasteiger partial charge is 0.169 e. The highest BCUT2D eigenvalue weighted by Gasteiger charge is 2.18. The van der Waals surface area contributed by atoms with Crippen LogP contribution in [0.25, 0.3) is 0 Å². The molecule has 0 aromatic heterocycles.